The molecule has 6 nitrogen and oxygen atoms in total. The van der Waals surface area contributed by atoms with Crippen molar-refractivity contribution in [2.24, 2.45) is 0 Å². The second kappa shape index (κ2) is 7.07. The molecule has 0 radical (unpaired) electrons. The maximum Gasteiger partial charge on any atom is 0.335 e. The zero-order chi connectivity index (χ0) is 19.7. The van der Waals surface area contributed by atoms with E-state index >= 15 is 0 Å². The van der Waals surface area contributed by atoms with Gasteiger partial charge in [0.2, 0.25) is 0 Å². The van der Waals surface area contributed by atoms with Crippen LogP contribution in [0.15, 0.2) is 42.0 Å². The summed E-state index contributed by atoms with van der Waals surface area (Å²) in [7, 11) is 1.56. The van der Waals surface area contributed by atoms with Crippen LogP contribution < -0.4 is 15.0 Å². The third kappa shape index (κ3) is 3.46. The lowest BCUT2D eigenvalue weighted by atomic mass is 10.0. The molecule has 1 N–H and O–H groups in total. The molecule has 1 fully saturated rings. The van der Waals surface area contributed by atoms with Crippen LogP contribution in [-0.4, -0.2) is 25.0 Å². The Balaban J connectivity index is 2.05. The van der Waals surface area contributed by atoms with Crippen LogP contribution in [0.2, 0.25) is 0 Å². The number of methoxy groups -OCH3 is 1. The number of amides is 4. The number of hydrogen-bond donors (Lipinski definition) is 1. The van der Waals surface area contributed by atoms with Gasteiger partial charge in [0.1, 0.15) is 11.3 Å². The van der Waals surface area contributed by atoms with Gasteiger partial charge in [0.15, 0.2) is 0 Å². The van der Waals surface area contributed by atoms with E-state index < -0.39 is 17.8 Å². The summed E-state index contributed by atoms with van der Waals surface area (Å²) < 4.78 is 5.11. The van der Waals surface area contributed by atoms with Gasteiger partial charge < -0.3 is 4.74 Å². The first-order valence-electron chi connectivity index (χ1n) is 8.45. The Morgan fingerprint density at radius 2 is 1.56 bits per heavy atom. The van der Waals surface area contributed by atoms with E-state index in [-0.39, 0.29) is 5.57 Å². The zero-order valence-corrected chi connectivity index (χ0v) is 15.6. The molecule has 0 aromatic heterocycles. The summed E-state index contributed by atoms with van der Waals surface area (Å²) in [5, 5.41) is 2.25. The van der Waals surface area contributed by atoms with Crippen LogP contribution in [0.1, 0.15) is 22.3 Å². The van der Waals surface area contributed by atoms with Crippen LogP contribution in [0.25, 0.3) is 6.08 Å². The van der Waals surface area contributed by atoms with E-state index in [0.717, 1.165) is 21.6 Å². The normalized spacial score (nSPS) is 15.9. The number of ether oxygens (including phenoxy) is 1. The molecule has 4 amide bonds. The van der Waals surface area contributed by atoms with Gasteiger partial charge in [0, 0.05) is 0 Å². The third-order valence-corrected chi connectivity index (χ3v) is 4.39. The lowest BCUT2D eigenvalue weighted by Gasteiger charge is -2.29. The number of benzene rings is 2. The number of carbonyl (C=O) groups excluding carboxylic acids is 3. The summed E-state index contributed by atoms with van der Waals surface area (Å²) in [6.07, 6.45) is 1.47. The van der Waals surface area contributed by atoms with Crippen molar-refractivity contribution in [3.8, 4) is 5.75 Å². The van der Waals surface area contributed by atoms with Crippen molar-refractivity contribution in [3.05, 3.63) is 64.2 Å². The lowest BCUT2D eigenvalue weighted by Crippen LogP contribution is -2.54. The minimum absolute atomic E-state index is 0.0980. The van der Waals surface area contributed by atoms with E-state index in [1.54, 1.807) is 31.4 Å². The molecule has 1 aliphatic rings. The standard InChI is InChI=1S/C21H20N2O4/c1-12-9-13(2)18(14(3)10-12)23-20(25)17(19(24)22-21(23)26)11-15-5-7-16(27-4)8-6-15/h5-11H,1-4H3,(H,22,24,26)/b17-11-. The number of nitrogens with one attached hydrogen (secondary N) is 1. The number of nitrogens with zero attached hydrogens (tertiary/aromatic N) is 1. The van der Waals surface area contributed by atoms with Crippen LogP contribution in [0.4, 0.5) is 10.5 Å². The summed E-state index contributed by atoms with van der Waals surface area (Å²) >= 11 is 0. The molecule has 0 aliphatic carbocycles. The van der Waals surface area contributed by atoms with E-state index in [1.807, 2.05) is 32.9 Å². The van der Waals surface area contributed by atoms with E-state index in [0.29, 0.717) is 17.0 Å². The Labute approximate surface area is 157 Å². The van der Waals surface area contributed by atoms with Crippen LogP contribution in [0, 0.1) is 20.8 Å². The topological polar surface area (TPSA) is 75.7 Å². The highest BCUT2D eigenvalue weighted by atomic mass is 16.5. The van der Waals surface area contributed by atoms with Crippen LogP contribution in [-0.2, 0) is 9.59 Å². The van der Waals surface area contributed by atoms with Crippen molar-refractivity contribution in [2.45, 2.75) is 20.8 Å². The molecular weight excluding hydrogens is 344 g/mol. The van der Waals surface area contributed by atoms with Gasteiger partial charge in [-0.05, 0) is 55.7 Å². The molecule has 0 unspecified atom stereocenters. The second-order valence-electron chi connectivity index (χ2n) is 6.48. The first kappa shape index (κ1) is 18.4. The smallest absolute Gasteiger partial charge is 0.335 e. The zero-order valence-electron chi connectivity index (χ0n) is 15.6. The van der Waals surface area contributed by atoms with Gasteiger partial charge in [0.25, 0.3) is 11.8 Å². The molecule has 1 aliphatic heterocycles. The highest BCUT2D eigenvalue weighted by Gasteiger charge is 2.38. The highest BCUT2D eigenvalue weighted by molar-refractivity contribution is 6.39. The molecule has 1 saturated heterocycles. The van der Waals surface area contributed by atoms with Crippen LogP contribution >= 0.6 is 0 Å². The van der Waals surface area contributed by atoms with Crippen molar-refractivity contribution in [1.29, 1.82) is 0 Å². The lowest BCUT2D eigenvalue weighted by molar-refractivity contribution is -0.122. The van der Waals surface area contributed by atoms with Crippen LogP contribution in [0.3, 0.4) is 0 Å². The van der Waals surface area contributed by atoms with E-state index in [4.69, 9.17) is 4.74 Å². The predicted molar refractivity (Wildman–Crippen MR) is 103 cm³/mol. The van der Waals surface area contributed by atoms with E-state index in [1.165, 1.54) is 6.08 Å². The van der Waals surface area contributed by atoms with Crippen molar-refractivity contribution < 1.29 is 19.1 Å². The summed E-state index contributed by atoms with van der Waals surface area (Å²) in [5.41, 5.74) is 3.66. The summed E-state index contributed by atoms with van der Waals surface area (Å²) in [6, 6.07) is 9.97. The number of urea groups is 1. The maximum absolute atomic E-state index is 13.0. The Morgan fingerprint density at radius 1 is 0.963 bits per heavy atom. The largest absolute Gasteiger partial charge is 0.497 e. The minimum atomic E-state index is -0.744. The monoisotopic (exact) mass is 364 g/mol. The number of rotatable bonds is 3. The number of imide groups is 2. The molecule has 6 heteroatoms. The molecule has 0 saturated carbocycles. The maximum atomic E-state index is 13.0. The van der Waals surface area contributed by atoms with Gasteiger partial charge in [-0.15, -0.1) is 0 Å². The third-order valence-electron chi connectivity index (χ3n) is 4.39. The van der Waals surface area contributed by atoms with Crippen LogP contribution in [0.5, 0.6) is 5.75 Å². The minimum Gasteiger partial charge on any atom is -0.497 e. The molecule has 0 bridgehead atoms. The molecule has 2 aromatic carbocycles. The van der Waals surface area contributed by atoms with Gasteiger partial charge in [-0.1, -0.05) is 29.8 Å². The van der Waals surface area contributed by atoms with Crippen molar-refractivity contribution in [1.82, 2.24) is 5.32 Å². The average molecular weight is 364 g/mol. The van der Waals surface area contributed by atoms with Gasteiger partial charge in [0.05, 0.1) is 12.8 Å². The molecule has 27 heavy (non-hydrogen) atoms. The summed E-state index contributed by atoms with van der Waals surface area (Å²) in [4.78, 5) is 38.7. The Bertz CT molecular complexity index is 951. The molecule has 0 spiro atoms. The van der Waals surface area contributed by atoms with Crippen molar-refractivity contribution in [3.63, 3.8) is 0 Å². The molecule has 1 heterocycles. The van der Waals surface area contributed by atoms with Gasteiger partial charge >= 0.3 is 6.03 Å². The number of hydrogen-bond acceptors (Lipinski definition) is 4. The number of anilines is 1. The fourth-order valence-electron chi connectivity index (χ4n) is 3.25. The Morgan fingerprint density at radius 3 is 2.11 bits per heavy atom. The molecule has 0 atom stereocenters. The molecular formula is C21H20N2O4. The Hall–Kier alpha value is -3.41. The average Bonchev–Trinajstić information content (AvgIpc) is 2.61. The molecule has 3 rings (SSSR count). The van der Waals surface area contributed by atoms with Crippen molar-refractivity contribution in [2.75, 3.05) is 12.0 Å². The predicted octanol–water partition coefficient (Wildman–Crippen LogP) is 3.29. The first-order chi connectivity index (χ1) is 12.8. The molecule has 138 valence electrons. The summed E-state index contributed by atoms with van der Waals surface area (Å²) in [6.45, 7) is 5.61. The first-order valence-corrected chi connectivity index (χ1v) is 8.45. The quantitative estimate of drug-likeness (QED) is 0.670. The highest BCUT2D eigenvalue weighted by Crippen LogP contribution is 2.29. The molecule has 2 aromatic rings. The van der Waals surface area contributed by atoms with E-state index in [2.05, 4.69) is 5.32 Å². The van der Waals surface area contributed by atoms with Gasteiger partial charge in [-0.25, -0.2) is 9.69 Å². The van der Waals surface area contributed by atoms with Gasteiger partial charge in [-0.2, -0.15) is 0 Å². The fraction of sp³-hybridized carbons (Fsp3) is 0.190. The van der Waals surface area contributed by atoms with Gasteiger partial charge in [-0.3, -0.25) is 14.9 Å². The summed E-state index contributed by atoms with van der Waals surface area (Å²) in [5.74, 6) is -0.687. The number of barbiturate groups is 1. The SMILES string of the molecule is COc1ccc(/C=C2/C(=O)NC(=O)N(c3c(C)cc(C)cc3C)C2=O)cc1. The Kier molecular flexibility index (Phi) is 4.81. The number of carbonyl (C=O) groups is 3. The number of aryl methyl sites for hydroxylation is 3. The second-order valence-corrected chi connectivity index (χ2v) is 6.48. The van der Waals surface area contributed by atoms with E-state index in [9.17, 15) is 14.4 Å². The fourth-order valence-corrected chi connectivity index (χ4v) is 3.25. The van der Waals surface area contributed by atoms with Crippen molar-refractivity contribution >= 4 is 29.6 Å².